The fraction of sp³-hybridized carbons (Fsp3) is 0.524. The molecule has 0 bridgehead atoms. The minimum absolute atomic E-state index is 0.0534. The zero-order valence-corrected chi connectivity index (χ0v) is 18.7. The molecule has 0 fully saturated rings. The van der Waals surface area contributed by atoms with Gasteiger partial charge in [-0.05, 0) is 0 Å². The van der Waals surface area contributed by atoms with Gasteiger partial charge in [-0.3, -0.25) is 0 Å². The summed E-state index contributed by atoms with van der Waals surface area (Å²) < 4.78 is 7.63. The van der Waals surface area contributed by atoms with E-state index in [9.17, 15) is 9.59 Å². The number of carbonyl (C=O) groups excluding carboxylic acids is 2. The van der Waals surface area contributed by atoms with Crippen molar-refractivity contribution in [2.24, 2.45) is 5.92 Å². The van der Waals surface area contributed by atoms with Crippen LogP contribution >= 0.6 is 0 Å². The van der Waals surface area contributed by atoms with Gasteiger partial charge in [0.05, 0.1) is 0 Å². The first-order valence-electron chi connectivity index (χ1n) is 9.19. The second-order valence-corrected chi connectivity index (χ2v) is 9.91. The Hall–Kier alpha value is -1.31. The van der Waals surface area contributed by atoms with E-state index in [1.165, 1.54) is 38.5 Å². The van der Waals surface area contributed by atoms with Gasteiger partial charge in [-0.15, -0.1) is 0 Å². The number of nitrogens with zero attached hydrogens (tertiary/aromatic N) is 1. The number of unbranched alkanes of at least 4 members (excludes halogenated alkanes) is 3. The topological polar surface area (TPSA) is 46.6 Å². The van der Waals surface area contributed by atoms with Crippen LogP contribution in [0.5, 0.6) is 0 Å². The van der Waals surface area contributed by atoms with E-state index in [-0.39, 0.29) is 18.3 Å². The zero-order valence-electron chi connectivity index (χ0n) is 16.4. The van der Waals surface area contributed by atoms with Crippen molar-refractivity contribution in [1.29, 1.82) is 0 Å². The van der Waals surface area contributed by atoms with Gasteiger partial charge < -0.3 is 0 Å². The van der Waals surface area contributed by atoms with Crippen molar-refractivity contribution in [3.63, 3.8) is 0 Å². The normalized spacial score (nSPS) is 12.5. The van der Waals surface area contributed by atoms with Gasteiger partial charge in [0.25, 0.3) is 0 Å². The predicted molar refractivity (Wildman–Crippen MR) is 107 cm³/mol. The second-order valence-electron chi connectivity index (χ2n) is 6.48. The summed E-state index contributed by atoms with van der Waals surface area (Å²) in [5.74, 6) is -0.876. The number of benzene rings is 1. The van der Waals surface area contributed by atoms with E-state index in [0.717, 1.165) is 12.8 Å². The van der Waals surface area contributed by atoms with Gasteiger partial charge in [0.15, 0.2) is 0 Å². The van der Waals surface area contributed by atoms with Crippen LogP contribution in [0.4, 0.5) is 0 Å². The molecule has 0 radical (unpaired) electrons. The summed E-state index contributed by atoms with van der Waals surface area (Å²) in [6.07, 6.45) is 7.96. The van der Waals surface area contributed by atoms with Crippen LogP contribution in [0.25, 0.3) is 0 Å². The van der Waals surface area contributed by atoms with Crippen molar-refractivity contribution < 1.29 is 14.3 Å². The Morgan fingerprint density at radius 2 is 1.85 bits per heavy atom. The minimum atomic E-state index is -0.547. The van der Waals surface area contributed by atoms with E-state index in [1.54, 1.807) is 14.1 Å². The van der Waals surface area contributed by atoms with Gasteiger partial charge in [-0.1, -0.05) is 0 Å². The van der Waals surface area contributed by atoms with E-state index in [1.807, 2.05) is 12.1 Å². The molecule has 1 aromatic carbocycles. The van der Waals surface area contributed by atoms with Gasteiger partial charge in [0.2, 0.25) is 0 Å². The van der Waals surface area contributed by atoms with E-state index >= 15 is 0 Å². The number of hydrogen-bond acceptors (Lipinski definition) is 3. The number of rotatable bonds is 11. The van der Waals surface area contributed by atoms with Crippen LogP contribution in [0.3, 0.4) is 0 Å². The molecule has 5 heteroatoms. The van der Waals surface area contributed by atoms with Gasteiger partial charge in [0, 0.05) is 0 Å². The number of esters is 1. The summed E-state index contributed by atoms with van der Waals surface area (Å²) in [6.45, 7) is 2.20. The van der Waals surface area contributed by atoms with Gasteiger partial charge in [0.1, 0.15) is 0 Å². The summed E-state index contributed by atoms with van der Waals surface area (Å²) in [6, 6.07) is 10.4. The molecule has 1 amide bonds. The molecule has 26 heavy (non-hydrogen) atoms. The van der Waals surface area contributed by atoms with E-state index < -0.39 is 26.8 Å². The predicted octanol–water partition coefficient (Wildman–Crippen LogP) is 3.14. The molecule has 0 aromatic heterocycles. The molecule has 1 aromatic rings. The SMILES string of the molecule is CCCCCC/C(=C/C(CC(=O)N(C)C)C(=O)OC)[Te]c1ccccc1. The molecule has 0 aliphatic heterocycles. The molecular formula is C21H31NO3Te. The van der Waals surface area contributed by atoms with Crippen LogP contribution in [-0.4, -0.2) is 58.9 Å². The molecule has 0 aliphatic rings. The quantitative estimate of drug-likeness (QED) is 0.282. The molecule has 0 spiro atoms. The number of allylic oxidation sites excluding steroid dienone is 1. The number of carbonyl (C=O) groups is 2. The maximum absolute atomic E-state index is 12.2. The molecule has 0 N–H and O–H groups in total. The van der Waals surface area contributed by atoms with Gasteiger partial charge in [-0.25, -0.2) is 0 Å². The number of amides is 1. The zero-order chi connectivity index (χ0) is 19.4. The first kappa shape index (κ1) is 22.7. The van der Waals surface area contributed by atoms with Crippen molar-refractivity contribution in [3.05, 3.63) is 40.0 Å². The summed E-state index contributed by atoms with van der Waals surface area (Å²) in [5, 5.41) is 0. The summed E-state index contributed by atoms with van der Waals surface area (Å²) >= 11 is -0.547. The molecule has 0 saturated heterocycles. The van der Waals surface area contributed by atoms with Crippen molar-refractivity contribution in [3.8, 4) is 0 Å². The molecule has 1 rings (SSSR count). The third kappa shape index (κ3) is 8.87. The summed E-state index contributed by atoms with van der Waals surface area (Å²) in [5.41, 5.74) is 0. The molecule has 0 aliphatic carbocycles. The maximum atomic E-state index is 12.2. The Morgan fingerprint density at radius 1 is 1.15 bits per heavy atom. The van der Waals surface area contributed by atoms with Gasteiger partial charge in [-0.2, -0.15) is 0 Å². The standard InChI is InChI=1S/C21H31NO3Te/c1-5-6-7-9-14-19(26-18-12-10-8-11-13-18)15-17(21(24)25-4)16-20(23)22(2)3/h8,10-13,15,17H,5-7,9,14,16H2,1-4H3/b19-15-. The molecule has 0 saturated carbocycles. The fourth-order valence-corrected chi connectivity index (χ4v) is 5.56. The average Bonchev–Trinajstić information content (AvgIpc) is 2.64. The van der Waals surface area contributed by atoms with Crippen molar-refractivity contribution in [2.45, 2.75) is 45.4 Å². The van der Waals surface area contributed by atoms with Crippen molar-refractivity contribution in [1.82, 2.24) is 4.90 Å². The Kier molecular flexibility index (Phi) is 11.3. The second kappa shape index (κ2) is 12.9. The van der Waals surface area contributed by atoms with Crippen LogP contribution in [-0.2, 0) is 14.3 Å². The average molecular weight is 473 g/mol. The number of methoxy groups -OCH3 is 1. The third-order valence-electron chi connectivity index (χ3n) is 4.05. The van der Waals surface area contributed by atoms with E-state index in [0.29, 0.717) is 0 Å². The van der Waals surface area contributed by atoms with Crippen LogP contribution in [0, 0.1) is 5.92 Å². The molecule has 0 heterocycles. The number of hydrogen-bond donors (Lipinski definition) is 0. The van der Waals surface area contributed by atoms with Crippen LogP contribution in [0.2, 0.25) is 0 Å². The Labute approximate surface area is 168 Å². The Morgan fingerprint density at radius 3 is 2.42 bits per heavy atom. The van der Waals surface area contributed by atoms with Crippen LogP contribution < -0.4 is 3.61 Å². The molecule has 4 nitrogen and oxygen atoms in total. The summed E-state index contributed by atoms with van der Waals surface area (Å²) in [4.78, 5) is 25.8. The Balaban J connectivity index is 2.96. The molecule has 1 atom stereocenters. The summed E-state index contributed by atoms with van der Waals surface area (Å²) in [7, 11) is 4.81. The molecule has 1 unspecified atom stereocenters. The van der Waals surface area contributed by atoms with E-state index in [2.05, 4.69) is 31.2 Å². The Bertz CT molecular complexity index is 584. The number of ether oxygens (including phenoxy) is 1. The molecule has 144 valence electrons. The van der Waals surface area contributed by atoms with Crippen molar-refractivity contribution in [2.75, 3.05) is 21.2 Å². The fourth-order valence-electron chi connectivity index (χ4n) is 2.49. The van der Waals surface area contributed by atoms with Crippen molar-refractivity contribution >= 4 is 36.4 Å². The third-order valence-corrected chi connectivity index (χ3v) is 7.22. The van der Waals surface area contributed by atoms with Gasteiger partial charge >= 0.3 is 168 Å². The van der Waals surface area contributed by atoms with Crippen LogP contribution in [0.1, 0.15) is 45.4 Å². The first-order valence-corrected chi connectivity index (χ1v) is 11.5. The molecular weight excluding hydrogens is 442 g/mol. The van der Waals surface area contributed by atoms with Crippen LogP contribution in [0.15, 0.2) is 40.0 Å². The first-order chi connectivity index (χ1) is 12.5. The van der Waals surface area contributed by atoms with E-state index in [4.69, 9.17) is 4.74 Å². The monoisotopic (exact) mass is 475 g/mol.